The third-order valence-electron chi connectivity index (χ3n) is 5.45. The summed E-state index contributed by atoms with van der Waals surface area (Å²) in [6.07, 6.45) is 4.27. The number of anilines is 1. The van der Waals surface area contributed by atoms with Gasteiger partial charge < -0.3 is 14.8 Å². The first-order valence-electron chi connectivity index (χ1n) is 10.7. The maximum Gasteiger partial charge on any atom is 0.407 e. The van der Waals surface area contributed by atoms with Crippen molar-refractivity contribution in [3.63, 3.8) is 0 Å². The molecule has 0 aliphatic heterocycles. The van der Waals surface area contributed by atoms with Gasteiger partial charge in [0.15, 0.2) is 11.0 Å². The highest BCUT2D eigenvalue weighted by molar-refractivity contribution is 6.29. The number of amides is 2. The lowest BCUT2D eigenvalue weighted by atomic mass is 9.92. The maximum atomic E-state index is 14.2. The lowest BCUT2D eigenvalue weighted by Crippen LogP contribution is -2.42. The summed E-state index contributed by atoms with van der Waals surface area (Å²) in [7, 11) is 1.31. The van der Waals surface area contributed by atoms with Crippen LogP contribution in [0.25, 0.3) is 0 Å². The normalized spacial score (nSPS) is 14.4. The van der Waals surface area contributed by atoms with Gasteiger partial charge in [-0.1, -0.05) is 67.6 Å². The second kappa shape index (κ2) is 12.2. The quantitative estimate of drug-likeness (QED) is 0.350. The minimum Gasteiger partial charge on any atom is -0.467 e. The van der Waals surface area contributed by atoms with Crippen LogP contribution in [-0.4, -0.2) is 35.6 Å². The SMILES string of the molecule is COc1nc(Cl)c(F)c(NNC(=O)[C@@H](CNC(=O)OCc2ccccc2)CC2CCCC2)n1. The van der Waals surface area contributed by atoms with Crippen molar-refractivity contribution in [2.24, 2.45) is 11.8 Å². The standard InChI is InChI=1S/C22H27ClFN5O4/c1-32-21-26-18(23)17(24)19(27-21)28-29-20(30)16(11-14-7-5-6-8-14)12-25-22(31)33-13-15-9-3-2-4-10-15/h2-4,9-10,14,16H,5-8,11-13H2,1H3,(H,25,31)(H,29,30)(H,26,27,28)/t16-/m1/s1. The van der Waals surface area contributed by atoms with Crippen molar-refractivity contribution in [2.45, 2.75) is 38.7 Å². The zero-order valence-electron chi connectivity index (χ0n) is 18.3. The van der Waals surface area contributed by atoms with Crippen LogP contribution >= 0.6 is 11.6 Å². The van der Waals surface area contributed by atoms with E-state index in [0.717, 1.165) is 31.2 Å². The fourth-order valence-electron chi connectivity index (χ4n) is 3.71. The first kappa shape index (κ1) is 24.5. The Labute approximate surface area is 196 Å². The number of rotatable bonds is 10. The Morgan fingerprint density at radius 1 is 1.21 bits per heavy atom. The van der Waals surface area contributed by atoms with Crippen molar-refractivity contribution in [3.05, 3.63) is 46.9 Å². The van der Waals surface area contributed by atoms with E-state index in [1.165, 1.54) is 7.11 Å². The Balaban J connectivity index is 1.56. The summed E-state index contributed by atoms with van der Waals surface area (Å²) >= 11 is 5.73. The average molecular weight is 480 g/mol. The van der Waals surface area contributed by atoms with Crippen LogP contribution in [-0.2, 0) is 16.1 Å². The van der Waals surface area contributed by atoms with E-state index in [1.807, 2.05) is 30.3 Å². The molecule has 0 unspecified atom stereocenters. The summed E-state index contributed by atoms with van der Waals surface area (Å²) in [5, 5.41) is 2.21. The summed E-state index contributed by atoms with van der Waals surface area (Å²) in [4.78, 5) is 32.4. The molecule has 1 atom stereocenters. The molecule has 0 saturated heterocycles. The van der Waals surface area contributed by atoms with Crippen molar-refractivity contribution < 1.29 is 23.5 Å². The summed E-state index contributed by atoms with van der Waals surface area (Å²) in [6.45, 7) is 0.206. The highest BCUT2D eigenvalue weighted by Crippen LogP contribution is 2.30. The molecule has 1 saturated carbocycles. The zero-order chi connectivity index (χ0) is 23.6. The van der Waals surface area contributed by atoms with Gasteiger partial charge in [-0.3, -0.25) is 15.6 Å². The van der Waals surface area contributed by atoms with Crippen LogP contribution < -0.4 is 20.9 Å². The molecule has 0 spiro atoms. The van der Waals surface area contributed by atoms with Gasteiger partial charge in [0.25, 0.3) is 0 Å². The minimum absolute atomic E-state index is 0.0774. The number of hydrogen-bond acceptors (Lipinski definition) is 7. The molecule has 1 aromatic heterocycles. The number of alkyl carbamates (subject to hydrolysis) is 1. The molecule has 0 bridgehead atoms. The third kappa shape index (κ3) is 7.45. The number of carbonyl (C=O) groups is 2. The second-order valence-corrected chi connectivity index (χ2v) is 8.16. The average Bonchev–Trinajstić information content (AvgIpc) is 3.34. The molecule has 1 aliphatic rings. The molecule has 1 fully saturated rings. The number of halogens is 2. The Hall–Kier alpha value is -3.14. The first-order valence-corrected chi connectivity index (χ1v) is 11.1. The van der Waals surface area contributed by atoms with Gasteiger partial charge in [0.2, 0.25) is 11.7 Å². The fourth-order valence-corrected chi connectivity index (χ4v) is 3.87. The monoisotopic (exact) mass is 479 g/mol. The number of benzene rings is 1. The van der Waals surface area contributed by atoms with Crippen LogP contribution in [0, 0.1) is 17.7 Å². The minimum atomic E-state index is -0.923. The molecule has 2 amide bonds. The lowest BCUT2D eigenvalue weighted by molar-refractivity contribution is -0.124. The molecule has 1 aromatic carbocycles. The number of hydrazine groups is 1. The van der Waals surface area contributed by atoms with Crippen molar-refractivity contribution >= 4 is 29.4 Å². The number of methoxy groups -OCH3 is 1. The number of hydrogen-bond donors (Lipinski definition) is 3. The van der Waals surface area contributed by atoms with Crippen LogP contribution in [0.5, 0.6) is 6.01 Å². The molecule has 1 heterocycles. The molecule has 33 heavy (non-hydrogen) atoms. The molecule has 11 heteroatoms. The van der Waals surface area contributed by atoms with E-state index in [2.05, 4.69) is 26.1 Å². The van der Waals surface area contributed by atoms with Crippen molar-refractivity contribution in [2.75, 3.05) is 19.1 Å². The van der Waals surface area contributed by atoms with Gasteiger partial charge in [-0.2, -0.15) is 14.4 Å². The molecule has 9 nitrogen and oxygen atoms in total. The summed E-state index contributed by atoms with van der Waals surface area (Å²) < 4.78 is 24.3. The van der Waals surface area contributed by atoms with Crippen molar-refractivity contribution in [3.8, 4) is 6.01 Å². The van der Waals surface area contributed by atoms with E-state index in [4.69, 9.17) is 21.1 Å². The maximum absolute atomic E-state index is 14.2. The summed E-state index contributed by atoms with van der Waals surface area (Å²) in [5.41, 5.74) is 5.74. The highest BCUT2D eigenvalue weighted by atomic mass is 35.5. The van der Waals surface area contributed by atoms with Crippen LogP contribution in [0.3, 0.4) is 0 Å². The Morgan fingerprint density at radius 3 is 2.64 bits per heavy atom. The topological polar surface area (TPSA) is 114 Å². The Bertz CT molecular complexity index is 944. The van der Waals surface area contributed by atoms with Gasteiger partial charge in [-0.15, -0.1) is 0 Å². The predicted octanol–water partition coefficient (Wildman–Crippen LogP) is 3.84. The van der Waals surface area contributed by atoms with Crippen molar-refractivity contribution in [1.82, 2.24) is 20.7 Å². The van der Waals surface area contributed by atoms with E-state index in [1.54, 1.807) is 0 Å². The van der Waals surface area contributed by atoms with Gasteiger partial charge in [0.05, 0.1) is 13.0 Å². The van der Waals surface area contributed by atoms with Crippen LogP contribution in [0.4, 0.5) is 15.0 Å². The number of nitrogens with zero attached hydrogens (tertiary/aromatic N) is 2. The molecular formula is C22H27ClFN5O4. The van der Waals surface area contributed by atoms with Gasteiger partial charge >= 0.3 is 12.1 Å². The first-order chi connectivity index (χ1) is 16.0. The van der Waals surface area contributed by atoms with Gasteiger partial charge in [0.1, 0.15) is 6.61 Å². The van der Waals surface area contributed by atoms with E-state index in [9.17, 15) is 14.0 Å². The van der Waals surface area contributed by atoms with Gasteiger partial charge in [-0.05, 0) is 17.9 Å². The predicted molar refractivity (Wildman–Crippen MR) is 120 cm³/mol. The third-order valence-corrected chi connectivity index (χ3v) is 5.70. The molecule has 0 radical (unpaired) electrons. The number of nitrogens with one attached hydrogen (secondary N) is 3. The molecule has 1 aliphatic carbocycles. The fraction of sp³-hybridized carbons (Fsp3) is 0.455. The van der Waals surface area contributed by atoms with Crippen molar-refractivity contribution in [1.29, 1.82) is 0 Å². The smallest absolute Gasteiger partial charge is 0.407 e. The Kier molecular flexibility index (Phi) is 9.05. The van der Waals surface area contributed by atoms with Gasteiger partial charge in [-0.25, -0.2) is 4.79 Å². The molecule has 2 aromatic rings. The molecular weight excluding hydrogens is 453 g/mol. The van der Waals surface area contributed by atoms with Crippen LogP contribution in [0.2, 0.25) is 5.15 Å². The zero-order valence-corrected chi connectivity index (χ0v) is 19.0. The Morgan fingerprint density at radius 2 is 1.94 bits per heavy atom. The van der Waals surface area contributed by atoms with E-state index in [-0.39, 0.29) is 25.0 Å². The van der Waals surface area contributed by atoms with E-state index in [0.29, 0.717) is 12.3 Å². The number of carbonyl (C=O) groups excluding carboxylic acids is 2. The molecule has 3 rings (SSSR count). The van der Waals surface area contributed by atoms with Crippen LogP contribution in [0.1, 0.15) is 37.7 Å². The number of ether oxygens (including phenoxy) is 2. The lowest BCUT2D eigenvalue weighted by Gasteiger charge is -2.21. The van der Waals surface area contributed by atoms with Gasteiger partial charge in [0, 0.05) is 6.54 Å². The highest BCUT2D eigenvalue weighted by Gasteiger charge is 2.26. The number of aromatic nitrogens is 2. The van der Waals surface area contributed by atoms with Crippen LogP contribution in [0.15, 0.2) is 30.3 Å². The van der Waals surface area contributed by atoms with E-state index >= 15 is 0 Å². The largest absolute Gasteiger partial charge is 0.467 e. The van der Waals surface area contributed by atoms with E-state index < -0.39 is 28.9 Å². The molecule has 3 N–H and O–H groups in total. The summed E-state index contributed by atoms with van der Waals surface area (Å²) in [6, 6.07) is 9.14. The summed E-state index contributed by atoms with van der Waals surface area (Å²) in [5.74, 6) is -1.83. The molecule has 178 valence electrons. The second-order valence-electron chi connectivity index (χ2n) is 7.80.